The molecule has 1 aliphatic heterocycles. The highest BCUT2D eigenvalue weighted by Gasteiger charge is 2.24. The standard InChI is InChI=1S/C17H16BrNO2/c18-14-5-3-4-12(8-14)11-21-17(20)9-13-10-19-16-7-2-1-6-15(13)16/h1-8,13,19H,9-11H2. The largest absolute Gasteiger partial charge is 0.461 e. The van der Waals surface area contributed by atoms with Crippen LogP contribution in [0.3, 0.4) is 0 Å². The van der Waals surface area contributed by atoms with E-state index in [-0.39, 0.29) is 11.9 Å². The van der Waals surface area contributed by atoms with Crippen LogP contribution in [0.5, 0.6) is 0 Å². The summed E-state index contributed by atoms with van der Waals surface area (Å²) in [4.78, 5) is 12.0. The first-order chi connectivity index (χ1) is 10.2. The average molecular weight is 346 g/mol. The van der Waals surface area contributed by atoms with Crippen molar-refractivity contribution in [1.82, 2.24) is 0 Å². The van der Waals surface area contributed by atoms with Crippen molar-refractivity contribution in [3.05, 3.63) is 64.1 Å². The van der Waals surface area contributed by atoms with E-state index in [0.717, 1.165) is 22.3 Å². The number of fused-ring (bicyclic) bond motifs is 1. The van der Waals surface area contributed by atoms with Crippen molar-refractivity contribution in [2.24, 2.45) is 0 Å². The second-order valence-corrected chi connectivity index (χ2v) is 6.08. The van der Waals surface area contributed by atoms with E-state index in [2.05, 4.69) is 27.3 Å². The highest BCUT2D eigenvalue weighted by atomic mass is 79.9. The number of benzene rings is 2. The predicted octanol–water partition coefficient (Wildman–Crippen LogP) is 4.09. The third-order valence-electron chi connectivity index (χ3n) is 3.64. The summed E-state index contributed by atoms with van der Waals surface area (Å²) in [7, 11) is 0. The molecule has 21 heavy (non-hydrogen) atoms. The van der Waals surface area contributed by atoms with E-state index < -0.39 is 0 Å². The van der Waals surface area contributed by atoms with Crippen LogP contribution in [0.2, 0.25) is 0 Å². The van der Waals surface area contributed by atoms with Gasteiger partial charge in [-0.1, -0.05) is 46.3 Å². The lowest BCUT2D eigenvalue weighted by Crippen LogP contribution is -2.12. The summed E-state index contributed by atoms with van der Waals surface area (Å²) in [6.07, 6.45) is 0.415. The van der Waals surface area contributed by atoms with Gasteiger partial charge in [0.15, 0.2) is 0 Å². The smallest absolute Gasteiger partial charge is 0.306 e. The fourth-order valence-corrected chi connectivity index (χ4v) is 3.04. The molecule has 1 N–H and O–H groups in total. The summed E-state index contributed by atoms with van der Waals surface area (Å²) in [6, 6.07) is 15.9. The normalized spacial score (nSPS) is 16.1. The lowest BCUT2D eigenvalue weighted by molar-refractivity contribution is -0.145. The number of esters is 1. The fraction of sp³-hybridized carbons (Fsp3) is 0.235. The molecule has 0 fully saturated rings. The average Bonchev–Trinajstić information content (AvgIpc) is 2.89. The Labute approximate surface area is 132 Å². The van der Waals surface area contributed by atoms with E-state index in [1.54, 1.807) is 0 Å². The molecule has 0 aliphatic carbocycles. The first kappa shape index (κ1) is 14.1. The van der Waals surface area contributed by atoms with Gasteiger partial charge in [-0.05, 0) is 29.3 Å². The Hall–Kier alpha value is -1.81. The zero-order valence-corrected chi connectivity index (χ0v) is 13.1. The van der Waals surface area contributed by atoms with Gasteiger partial charge in [0.05, 0.1) is 6.42 Å². The predicted molar refractivity (Wildman–Crippen MR) is 86.2 cm³/mol. The lowest BCUT2D eigenvalue weighted by atomic mass is 9.98. The molecule has 0 saturated carbocycles. The summed E-state index contributed by atoms with van der Waals surface area (Å²) >= 11 is 3.41. The van der Waals surface area contributed by atoms with Gasteiger partial charge >= 0.3 is 5.97 Å². The van der Waals surface area contributed by atoms with Crippen LogP contribution in [0.25, 0.3) is 0 Å². The Morgan fingerprint density at radius 2 is 2.10 bits per heavy atom. The Morgan fingerprint density at radius 1 is 1.24 bits per heavy atom. The SMILES string of the molecule is O=C(CC1CNc2ccccc21)OCc1cccc(Br)c1. The topological polar surface area (TPSA) is 38.3 Å². The molecule has 0 amide bonds. The number of para-hydroxylation sites is 1. The molecule has 1 heterocycles. The molecule has 3 nitrogen and oxygen atoms in total. The van der Waals surface area contributed by atoms with E-state index >= 15 is 0 Å². The van der Waals surface area contributed by atoms with Crippen LogP contribution in [-0.2, 0) is 16.1 Å². The molecule has 1 atom stereocenters. The number of carbonyl (C=O) groups is 1. The number of ether oxygens (including phenoxy) is 1. The first-order valence-corrected chi connectivity index (χ1v) is 7.74. The molecule has 0 radical (unpaired) electrons. The lowest BCUT2D eigenvalue weighted by Gasteiger charge is -2.10. The molecule has 3 rings (SSSR count). The molecule has 2 aromatic rings. The van der Waals surface area contributed by atoms with E-state index in [9.17, 15) is 4.79 Å². The molecule has 0 aromatic heterocycles. The number of carbonyl (C=O) groups excluding carboxylic acids is 1. The second-order valence-electron chi connectivity index (χ2n) is 5.16. The van der Waals surface area contributed by atoms with Crippen LogP contribution in [-0.4, -0.2) is 12.5 Å². The molecule has 1 unspecified atom stereocenters. The number of hydrogen-bond donors (Lipinski definition) is 1. The third-order valence-corrected chi connectivity index (χ3v) is 4.13. The zero-order chi connectivity index (χ0) is 14.7. The fourth-order valence-electron chi connectivity index (χ4n) is 2.59. The summed E-state index contributed by atoms with van der Waals surface area (Å²) in [5.74, 6) is 0.0506. The van der Waals surface area contributed by atoms with Gasteiger partial charge in [0, 0.05) is 22.6 Å². The monoisotopic (exact) mass is 345 g/mol. The Balaban J connectivity index is 1.56. The minimum Gasteiger partial charge on any atom is -0.461 e. The summed E-state index contributed by atoms with van der Waals surface area (Å²) in [5.41, 5.74) is 3.32. The number of anilines is 1. The van der Waals surface area contributed by atoms with Crippen molar-refractivity contribution in [3.63, 3.8) is 0 Å². The molecule has 0 bridgehead atoms. The van der Waals surface area contributed by atoms with Gasteiger partial charge < -0.3 is 10.1 Å². The van der Waals surface area contributed by atoms with E-state index in [0.29, 0.717) is 13.0 Å². The molecule has 4 heteroatoms. The van der Waals surface area contributed by atoms with Crippen LogP contribution in [0.15, 0.2) is 53.0 Å². The van der Waals surface area contributed by atoms with Crippen LogP contribution in [0.1, 0.15) is 23.5 Å². The maximum Gasteiger partial charge on any atom is 0.306 e. The minimum atomic E-state index is -0.154. The van der Waals surface area contributed by atoms with E-state index in [1.807, 2.05) is 42.5 Å². The van der Waals surface area contributed by atoms with Crippen molar-refractivity contribution >= 4 is 27.6 Å². The van der Waals surface area contributed by atoms with Gasteiger partial charge in [0.1, 0.15) is 6.61 Å². The molecule has 2 aromatic carbocycles. The molecule has 108 valence electrons. The Kier molecular flexibility index (Phi) is 4.25. The quantitative estimate of drug-likeness (QED) is 0.848. The summed E-state index contributed by atoms with van der Waals surface area (Å²) in [6.45, 7) is 1.12. The third kappa shape index (κ3) is 3.45. The maximum atomic E-state index is 12.0. The highest BCUT2D eigenvalue weighted by molar-refractivity contribution is 9.10. The Morgan fingerprint density at radius 3 is 2.95 bits per heavy atom. The Bertz CT molecular complexity index is 657. The van der Waals surface area contributed by atoms with Crippen molar-refractivity contribution in [2.75, 3.05) is 11.9 Å². The van der Waals surface area contributed by atoms with Crippen LogP contribution >= 0.6 is 15.9 Å². The summed E-state index contributed by atoms with van der Waals surface area (Å²) < 4.78 is 6.36. The maximum absolute atomic E-state index is 12.0. The van der Waals surface area contributed by atoms with Crippen molar-refractivity contribution in [2.45, 2.75) is 18.9 Å². The summed E-state index contributed by atoms with van der Waals surface area (Å²) in [5, 5.41) is 3.32. The van der Waals surface area contributed by atoms with Crippen molar-refractivity contribution in [1.29, 1.82) is 0 Å². The molecular formula is C17H16BrNO2. The van der Waals surface area contributed by atoms with Crippen LogP contribution in [0.4, 0.5) is 5.69 Å². The van der Waals surface area contributed by atoms with Crippen molar-refractivity contribution < 1.29 is 9.53 Å². The van der Waals surface area contributed by atoms with Crippen LogP contribution < -0.4 is 5.32 Å². The van der Waals surface area contributed by atoms with Gasteiger partial charge in [-0.3, -0.25) is 4.79 Å². The van der Waals surface area contributed by atoms with Gasteiger partial charge in [-0.25, -0.2) is 0 Å². The molecule has 1 aliphatic rings. The number of hydrogen-bond acceptors (Lipinski definition) is 3. The minimum absolute atomic E-state index is 0.154. The van der Waals surface area contributed by atoms with Gasteiger partial charge in [0.2, 0.25) is 0 Å². The zero-order valence-electron chi connectivity index (χ0n) is 11.5. The second kappa shape index (κ2) is 6.31. The number of halogens is 1. The highest BCUT2D eigenvalue weighted by Crippen LogP contribution is 2.33. The van der Waals surface area contributed by atoms with E-state index in [4.69, 9.17) is 4.74 Å². The van der Waals surface area contributed by atoms with Gasteiger partial charge in [-0.15, -0.1) is 0 Å². The van der Waals surface area contributed by atoms with Gasteiger partial charge in [0.25, 0.3) is 0 Å². The van der Waals surface area contributed by atoms with Crippen LogP contribution in [0, 0.1) is 0 Å². The molecule has 0 spiro atoms. The first-order valence-electron chi connectivity index (χ1n) is 6.95. The number of rotatable bonds is 4. The molecular weight excluding hydrogens is 330 g/mol. The van der Waals surface area contributed by atoms with E-state index in [1.165, 1.54) is 5.56 Å². The molecule has 0 saturated heterocycles. The van der Waals surface area contributed by atoms with Gasteiger partial charge in [-0.2, -0.15) is 0 Å². The number of nitrogens with one attached hydrogen (secondary N) is 1. The van der Waals surface area contributed by atoms with Crippen molar-refractivity contribution in [3.8, 4) is 0 Å².